The number of hydrogen-bond donors (Lipinski definition) is 0. The van der Waals surface area contributed by atoms with Crippen LogP contribution in [-0.2, 0) is 4.74 Å². The van der Waals surface area contributed by atoms with E-state index in [1.165, 1.54) is 23.8 Å². The van der Waals surface area contributed by atoms with Gasteiger partial charge in [0.1, 0.15) is 5.82 Å². The lowest BCUT2D eigenvalue weighted by Gasteiger charge is -2.29. The molecule has 1 aliphatic rings. The summed E-state index contributed by atoms with van der Waals surface area (Å²) >= 11 is 1.84. The second-order valence-corrected chi connectivity index (χ2v) is 8.03. The summed E-state index contributed by atoms with van der Waals surface area (Å²) < 4.78 is 20.5. The zero-order valence-corrected chi connectivity index (χ0v) is 17.0. The van der Waals surface area contributed by atoms with Crippen LogP contribution in [0.5, 0.6) is 0 Å². The molecule has 0 spiro atoms. The Kier molecular flexibility index (Phi) is 5.27. The summed E-state index contributed by atoms with van der Waals surface area (Å²) in [6.45, 7) is 3.14. The standard InChI is InChI=1S/C21H20FN3O3S/c1-13-3-5-15(12-17(13)22)25-19(26)16-6-4-14(20(27)28-2)11-18(16)23-21(25)24-7-9-29-10-8-24/h3-6,11-12H,7-10H2,1-2H3. The largest absolute Gasteiger partial charge is 0.465 e. The highest BCUT2D eigenvalue weighted by atomic mass is 32.2. The number of carbonyl (C=O) groups excluding carboxylic acids is 1. The van der Waals surface area contributed by atoms with Gasteiger partial charge in [-0.1, -0.05) is 6.07 Å². The minimum absolute atomic E-state index is 0.303. The van der Waals surface area contributed by atoms with Crippen molar-refractivity contribution >= 4 is 34.6 Å². The van der Waals surface area contributed by atoms with Crippen LogP contribution in [0.4, 0.5) is 10.3 Å². The fourth-order valence-corrected chi connectivity index (χ4v) is 4.25. The fraction of sp³-hybridized carbons (Fsp3) is 0.286. The number of aryl methyl sites for hydroxylation is 1. The van der Waals surface area contributed by atoms with Crippen molar-refractivity contribution in [2.45, 2.75) is 6.92 Å². The lowest BCUT2D eigenvalue weighted by atomic mass is 10.1. The first kappa shape index (κ1) is 19.4. The Bertz CT molecular complexity index is 1160. The molecule has 0 aliphatic carbocycles. The number of aromatic nitrogens is 2. The number of rotatable bonds is 3. The summed E-state index contributed by atoms with van der Waals surface area (Å²) in [7, 11) is 1.31. The molecular formula is C21H20FN3O3S. The molecule has 29 heavy (non-hydrogen) atoms. The van der Waals surface area contributed by atoms with Gasteiger partial charge >= 0.3 is 5.97 Å². The van der Waals surface area contributed by atoms with Gasteiger partial charge in [0.2, 0.25) is 5.95 Å². The number of hydrogen-bond acceptors (Lipinski definition) is 6. The zero-order valence-electron chi connectivity index (χ0n) is 16.1. The molecule has 0 bridgehead atoms. The van der Waals surface area contributed by atoms with Gasteiger partial charge in [0.25, 0.3) is 5.56 Å². The van der Waals surface area contributed by atoms with E-state index in [1.807, 2.05) is 16.7 Å². The van der Waals surface area contributed by atoms with E-state index in [-0.39, 0.29) is 11.4 Å². The Morgan fingerprint density at radius 1 is 1.17 bits per heavy atom. The fourth-order valence-electron chi connectivity index (χ4n) is 3.35. The molecule has 4 rings (SSSR count). The molecule has 2 aromatic carbocycles. The van der Waals surface area contributed by atoms with Crippen molar-refractivity contribution in [1.82, 2.24) is 9.55 Å². The highest BCUT2D eigenvalue weighted by Gasteiger charge is 2.21. The van der Waals surface area contributed by atoms with Crippen LogP contribution < -0.4 is 10.5 Å². The van der Waals surface area contributed by atoms with E-state index in [9.17, 15) is 14.0 Å². The number of benzene rings is 2. The lowest BCUT2D eigenvalue weighted by molar-refractivity contribution is 0.0601. The third kappa shape index (κ3) is 3.60. The molecule has 0 amide bonds. The summed E-state index contributed by atoms with van der Waals surface area (Å²) in [6.07, 6.45) is 0. The monoisotopic (exact) mass is 413 g/mol. The van der Waals surface area contributed by atoms with Crippen LogP contribution in [0.15, 0.2) is 41.2 Å². The molecule has 1 saturated heterocycles. The maximum Gasteiger partial charge on any atom is 0.337 e. The quantitative estimate of drug-likeness (QED) is 0.615. The van der Waals surface area contributed by atoms with Gasteiger partial charge in [-0.15, -0.1) is 0 Å². The molecular weight excluding hydrogens is 393 g/mol. The molecule has 0 N–H and O–H groups in total. The molecule has 3 aromatic rings. The first-order valence-electron chi connectivity index (χ1n) is 9.24. The number of halogens is 1. The van der Waals surface area contributed by atoms with E-state index in [4.69, 9.17) is 9.72 Å². The lowest BCUT2D eigenvalue weighted by Crippen LogP contribution is -2.38. The number of nitrogens with zero attached hydrogens (tertiary/aromatic N) is 3. The molecule has 150 valence electrons. The van der Waals surface area contributed by atoms with Crippen molar-refractivity contribution in [3.63, 3.8) is 0 Å². The van der Waals surface area contributed by atoms with Gasteiger partial charge in [-0.2, -0.15) is 11.8 Å². The molecule has 8 heteroatoms. The van der Waals surface area contributed by atoms with Crippen molar-refractivity contribution in [3.8, 4) is 5.69 Å². The van der Waals surface area contributed by atoms with Crippen molar-refractivity contribution in [3.05, 3.63) is 63.7 Å². The highest BCUT2D eigenvalue weighted by molar-refractivity contribution is 7.99. The van der Waals surface area contributed by atoms with Gasteiger partial charge in [-0.25, -0.2) is 18.7 Å². The van der Waals surface area contributed by atoms with Gasteiger partial charge in [0.15, 0.2) is 0 Å². The third-order valence-corrected chi connectivity index (χ3v) is 5.92. The molecule has 1 fully saturated rings. The van der Waals surface area contributed by atoms with Crippen molar-refractivity contribution in [2.24, 2.45) is 0 Å². The number of ether oxygens (including phenoxy) is 1. The first-order chi connectivity index (χ1) is 14.0. The van der Waals surface area contributed by atoms with E-state index >= 15 is 0 Å². The third-order valence-electron chi connectivity index (χ3n) is 4.98. The SMILES string of the molecule is COC(=O)c1ccc2c(=O)n(-c3ccc(C)c(F)c3)c(N3CCSCC3)nc2c1. The van der Waals surface area contributed by atoms with E-state index in [0.717, 1.165) is 24.6 Å². The first-order valence-corrected chi connectivity index (χ1v) is 10.4. The van der Waals surface area contributed by atoms with E-state index in [0.29, 0.717) is 33.7 Å². The number of thioether (sulfide) groups is 1. The van der Waals surface area contributed by atoms with Crippen molar-refractivity contribution in [2.75, 3.05) is 36.6 Å². The molecule has 6 nitrogen and oxygen atoms in total. The Balaban J connectivity index is 1.98. The normalized spacial score (nSPS) is 14.2. The van der Waals surface area contributed by atoms with Crippen LogP contribution in [0.3, 0.4) is 0 Å². The number of methoxy groups -OCH3 is 1. The average Bonchev–Trinajstić information content (AvgIpc) is 2.75. The number of anilines is 1. The Hall–Kier alpha value is -2.87. The number of fused-ring (bicyclic) bond motifs is 1. The summed E-state index contributed by atoms with van der Waals surface area (Å²) in [5.41, 5.74) is 1.37. The van der Waals surface area contributed by atoms with Gasteiger partial charge in [0.05, 0.1) is 29.3 Å². The minimum atomic E-state index is -0.491. The minimum Gasteiger partial charge on any atom is -0.465 e. The summed E-state index contributed by atoms with van der Waals surface area (Å²) in [6, 6.07) is 9.39. The van der Waals surface area contributed by atoms with E-state index < -0.39 is 5.97 Å². The Morgan fingerprint density at radius 3 is 2.62 bits per heavy atom. The Morgan fingerprint density at radius 2 is 1.93 bits per heavy atom. The van der Waals surface area contributed by atoms with Gasteiger partial charge in [-0.3, -0.25) is 4.79 Å². The van der Waals surface area contributed by atoms with Gasteiger partial charge in [-0.05, 0) is 42.8 Å². The zero-order chi connectivity index (χ0) is 20.5. The summed E-state index contributed by atoms with van der Waals surface area (Å²) in [5, 5.41) is 0.355. The maximum absolute atomic E-state index is 14.3. The van der Waals surface area contributed by atoms with Crippen LogP contribution in [0, 0.1) is 12.7 Å². The molecule has 0 atom stereocenters. The second kappa shape index (κ2) is 7.87. The molecule has 0 unspecified atom stereocenters. The predicted molar refractivity (Wildman–Crippen MR) is 113 cm³/mol. The van der Waals surface area contributed by atoms with Crippen LogP contribution in [0.1, 0.15) is 15.9 Å². The molecule has 0 radical (unpaired) electrons. The van der Waals surface area contributed by atoms with Crippen LogP contribution in [0.2, 0.25) is 0 Å². The average molecular weight is 413 g/mol. The smallest absolute Gasteiger partial charge is 0.337 e. The predicted octanol–water partition coefficient (Wildman–Crippen LogP) is 3.17. The van der Waals surface area contributed by atoms with Crippen molar-refractivity contribution in [1.29, 1.82) is 0 Å². The molecule has 1 aliphatic heterocycles. The topological polar surface area (TPSA) is 64.4 Å². The van der Waals surface area contributed by atoms with Crippen LogP contribution in [0.25, 0.3) is 16.6 Å². The molecule has 1 aromatic heterocycles. The van der Waals surface area contributed by atoms with Gasteiger partial charge in [0, 0.05) is 24.6 Å². The van der Waals surface area contributed by atoms with Gasteiger partial charge < -0.3 is 9.64 Å². The molecule has 2 heterocycles. The summed E-state index contributed by atoms with van der Waals surface area (Å²) in [4.78, 5) is 32.0. The number of carbonyl (C=O) groups is 1. The maximum atomic E-state index is 14.3. The van der Waals surface area contributed by atoms with Crippen molar-refractivity contribution < 1.29 is 13.9 Å². The number of esters is 1. The summed E-state index contributed by atoms with van der Waals surface area (Å²) in [5.74, 6) is 1.41. The molecule has 0 saturated carbocycles. The van der Waals surface area contributed by atoms with Crippen LogP contribution >= 0.6 is 11.8 Å². The van der Waals surface area contributed by atoms with E-state index in [1.54, 1.807) is 31.2 Å². The van der Waals surface area contributed by atoms with E-state index in [2.05, 4.69) is 0 Å². The highest BCUT2D eigenvalue weighted by Crippen LogP contribution is 2.24. The second-order valence-electron chi connectivity index (χ2n) is 6.81. The Labute approximate surface area is 171 Å². The van der Waals surface area contributed by atoms with Crippen LogP contribution in [-0.4, -0.2) is 47.2 Å².